The second kappa shape index (κ2) is 5.45. The van der Waals surface area contributed by atoms with Gasteiger partial charge in [-0.15, -0.1) is 0 Å². The maximum atomic E-state index is 2.42. The molecule has 0 bridgehead atoms. The quantitative estimate of drug-likeness (QED) is 0.539. The van der Waals surface area contributed by atoms with E-state index in [4.69, 9.17) is 0 Å². The van der Waals surface area contributed by atoms with Gasteiger partial charge in [0.1, 0.15) is 0 Å². The molecule has 0 fully saturated rings. The van der Waals surface area contributed by atoms with Crippen molar-refractivity contribution in [3.05, 3.63) is 106 Å². The van der Waals surface area contributed by atoms with Gasteiger partial charge in [0.15, 0.2) is 0 Å². The van der Waals surface area contributed by atoms with Crippen LogP contribution in [0.3, 0.4) is 0 Å². The van der Waals surface area contributed by atoms with E-state index in [1.54, 1.807) is 0 Å². The Balaban J connectivity index is 1.97. The third-order valence-corrected chi connectivity index (χ3v) is 6.25. The van der Waals surface area contributed by atoms with E-state index in [0.29, 0.717) is 0 Å². The fourth-order valence-electron chi connectivity index (χ4n) is 5.40. The van der Waals surface area contributed by atoms with E-state index < -0.39 is 0 Å². The van der Waals surface area contributed by atoms with Crippen molar-refractivity contribution in [3.63, 3.8) is 0 Å². The molecule has 2 aromatic carbocycles. The second-order valence-electron chi connectivity index (χ2n) is 7.57. The van der Waals surface area contributed by atoms with Crippen LogP contribution in [-0.4, -0.2) is 0 Å². The van der Waals surface area contributed by atoms with Gasteiger partial charge in [-0.1, -0.05) is 79.3 Å². The molecule has 26 heavy (non-hydrogen) atoms. The van der Waals surface area contributed by atoms with Crippen LogP contribution in [0.15, 0.2) is 77.9 Å². The maximum absolute atomic E-state index is 2.42. The Bertz CT molecular complexity index is 1060. The smallest absolute Gasteiger partial charge is 0.0719 e. The van der Waals surface area contributed by atoms with Crippen molar-refractivity contribution >= 4 is 11.1 Å². The van der Waals surface area contributed by atoms with Gasteiger partial charge >= 0.3 is 0 Å². The summed E-state index contributed by atoms with van der Waals surface area (Å²) in [5.41, 5.74) is 12.9. The zero-order valence-electron chi connectivity index (χ0n) is 15.8. The van der Waals surface area contributed by atoms with Crippen molar-refractivity contribution in [2.45, 2.75) is 39.0 Å². The monoisotopic (exact) mass is 336 g/mol. The van der Waals surface area contributed by atoms with Crippen LogP contribution < -0.4 is 0 Å². The molecule has 3 aliphatic rings. The van der Waals surface area contributed by atoms with E-state index in [2.05, 4.69) is 87.5 Å². The number of allylic oxidation sites excluding steroid dienone is 8. The SMILES string of the molecule is C/C=C1\C(=C/CC)c2ccc(C)cc2C12C1=C(CC=C1)c1ccccc12. The highest BCUT2D eigenvalue weighted by molar-refractivity contribution is 6.01. The predicted molar refractivity (Wildman–Crippen MR) is 111 cm³/mol. The van der Waals surface area contributed by atoms with Crippen molar-refractivity contribution in [1.29, 1.82) is 0 Å². The van der Waals surface area contributed by atoms with E-state index in [1.165, 1.54) is 50.1 Å². The first-order chi connectivity index (χ1) is 12.7. The standard InChI is InChI=1S/C26H24/c1-4-9-18-21-15-14-17(3)16-25(21)26(22(18)5-2)23-12-7-6-10-19(23)20-11-8-13-24(20)26/h5-10,12-16H,4,11H2,1-3H3/b18-9-,22-5+. The third-order valence-electron chi connectivity index (χ3n) is 6.25. The summed E-state index contributed by atoms with van der Waals surface area (Å²) in [5.74, 6) is 0. The summed E-state index contributed by atoms with van der Waals surface area (Å²) in [6.07, 6.45) is 11.6. The van der Waals surface area contributed by atoms with Crippen LogP contribution in [0.4, 0.5) is 0 Å². The first kappa shape index (κ1) is 15.6. The molecule has 0 saturated heterocycles. The van der Waals surface area contributed by atoms with Gasteiger partial charge in [0.25, 0.3) is 0 Å². The Labute approximate surface area is 156 Å². The number of fused-ring (bicyclic) bond motifs is 6. The molecule has 1 spiro atoms. The molecule has 0 aromatic heterocycles. The molecule has 0 N–H and O–H groups in total. The van der Waals surface area contributed by atoms with E-state index in [-0.39, 0.29) is 5.41 Å². The minimum atomic E-state index is -0.129. The molecule has 5 rings (SSSR count). The summed E-state index contributed by atoms with van der Waals surface area (Å²) in [6, 6.07) is 16.1. The normalized spacial score (nSPS) is 25.5. The van der Waals surface area contributed by atoms with Crippen molar-refractivity contribution in [2.24, 2.45) is 0 Å². The lowest BCUT2D eigenvalue weighted by molar-refractivity contribution is 0.785. The van der Waals surface area contributed by atoms with Gasteiger partial charge in [-0.3, -0.25) is 0 Å². The topological polar surface area (TPSA) is 0 Å². The van der Waals surface area contributed by atoms with Gasteiger partial charge in [-0.25, -0.2) is 0 Å². The minimum Gasteiger partial charge on any atom is -0.0822 e. The summed E-state index contributed by atoms with van der Waals surface area (Å²) in [7, 11) is 0. The van der Waals surface area contributed by atoms with Gasteiger partial charge in [0.2, 0.25) is 0 Å². The Kier molecular flexibility index (Phi) is 3.28. The van der Waals surface area contributed by atoms with Crippen molar-refractivity contribution < 1.29 is 0 Å². The lowest BCUT2D eigenvalue weighted by Crippen LogP contribution is -2.26. The lowest BCUT2D eigenvalue weighted by Gasteiger charge is -2.32. The highest BCUT2D eigenvalue weighted by Gasteiger charge is 2.53. The van der Waals surface area contributed by atoms with Crippen molar-refractivity contribution in [3.8, 4) is 0 Å². The molecule has 0 aliphatic heterocycles. The zero-order chi connectivity index (χ0) is 17.9. The number of aryl methyl sites for hydroxylation is 1. The van der Waals surface area contributed by atoms with Gasteiger partial charge in [0, 0.05) is 0 Å². The van der Waals surface area contributed by atoms with Crippen LogP contribution in [0.5, 0.6) is 0 Å². The molecule has 0 saturated carbocycles. The van der Waals surface area contributed by atoms with Crippen LogP contribution in [0.1, 0.15) is 54.5 Å². The number of rotatable bonds is 1. The zero-order valence-corrected chi connectivity index (χ0v) is 15.8. The summed E-state index contributed by atoms with van der Waals surface area (Å²) < 4.78 is 0. The maximum Gasteiger partial charge on any atom is 0.0719 e. The summed E-state index contributed by atoms with van der Waals surface area (Å²) in [4.78, 5) is 0. The largest absolute Gasteiger partial charge is 0.0822 e. The van der Waals surface area contributed by atoms with Gasteiger partial charge in [-0.05, 0) is 71.2 Å². The molecule has 0 heteroatoms. The van der Waals surface area contributed by atoms with Crippen LogP contribution in [0.2, 0.25) is 0 Å². The van der Waals surface area contributed by atoms with Crippen LogP contribution >= 0.6 is 0 Å². The summed E-state index contributed by atoms with van der Waals surface area (Å²) in [6.45, 7) is 6.66. The fourth-order valence-corrected chi connectivity index (χ4v) is 5.40. The third kappa shape index (κ3) is 1.70. The Morgan fingerprint density at radius 1 is 1.04 bits per heavy atom. The van der Waals surface area contributed by atoms with Gasteiger partial charge in [-0.2, -0.15) is 0 Å². The molecule has 0 nitrogen and oxygen atoms in total. The first-order valence-corrected chi connectivity index (χ1v) is 9.72. The van der Waals surface area contributed by atoms with E-state index in [1.807, 2.05) is 0 Å². The highest BCUT2D eigenvalue weighted by atomic mass is 14.5. The second-order valence-corrected chi connectivity index (χ2v) is 7.57. The summed E-state index contributed by atoms with van der Waals surface area (Å²) in [5, 5.41) is 0. The lowest BCUT2D eigenvalue weighted by atomic mass is 9.69. The fraction of sp³-hybridized carbons (Fsp3) is 0.231. The molecule has 0 radical (unpaired) electrons. The first-order valence-electron chi connectivity index (χ1n) is 9.72. The predicted octanol–water partition coefficient (Wildman–Crippen LogP) is 6.76. The number of hydrogen-bond acceptors (Lipinski definition) is 0. The Morgan fingerprint density at radius 2 is 1.88 bits per heavy atom. The minimum absolute atomic E-state index is 0.129. The van der Waals surface area contributed by atoms with Crippen molar-refractivity contribution in [1.82, 2.24) is 0 Å². The average Bonchev–Trinajstić information content (AvgIpc) is 3.30. The molecule has 0 amide bonds. The summed E-state index contributed by atoms with van der Waals surface area (Å²) >= 11 is 0. The van der Waals surface area contributed by atoms with E-state index in [0.717, 1.165) is 12.8 Å². The Hall–Kier alpha value is -2.60. The molecule has 3 aliphatic carbocycles. The van der Waals surface area contributed by atoms with E-state index in [9.17, 15) is 0 Å². The van der Waals surface area contributed by atoms with Crippen LogP contribution in [-0.2, 0) is 5.41 Å². The van der Waals surface area contributed by atoms with Crippen molar-refractivity contribution in [2.75, 3.05) is 0 Å². The number of hydrogen-bond donors (Lipinski definition) is 0. The molecule has 1 atom stereocenters. The molecule has 0 heterocycles. The number of benzene rings is 2. The van der Waals surface area contributed by atoms with Crippen LogP contribution in [0, 0.1) is 6.92 Å². The highest BCUT2D eigenvalue weighted by Crippen LogP contribution is 2.64. The molecular weight excluding hydrogens is 312 g/mol. The van der Waals surface area contributed by atoms with Gasteiger partial charge in [0.05, 0.1) is 5.41 Å². The Morgan fingerprint density at radius 3 is 2.69 bits per heavy atom. The molecule has 2 aromatic rings. The molecular formula is C26H24. The van der Waals surface area contributed by atoms with Crippen LogP contribution in [0.25, 0.3) is 11.1 Å². The molecule has 1 unspecified atom stereocenters. The van der Waals surface area contributed by atoms with E-state index >= 15 is 0 Å². The average molecular weight is 336 g/mol. The molecule has 128 valence electrons. The van der Waals surface area contributed by atoms with Gasteiger partial charge < -0.3 is 0 Å².